The van der Waals surface area contributed by atoms with Crippen molar-refractivity contribution < 1.29 is 0 Å². The maximum Gasteiger partial charge on any atom is 0.128 e. The van der Waals surface area contributed by atoms with Crippen LogP contribution in [-0.4, -0.2) is 18.6 Å². The van der Waals surface area contributed by atoms with Gasteiger partial charge in [-0.1, -0.05) is 20.8 Å². The molecule has 90 valence electrons. The van der Waals surface area contributed by atoms with E-state index < -0.39 is 0 Å². The van der Waals surface area contributed by atoms with Crippen molar-refractivity contribution in [1.82, 2.24) is 4.98 Å². The van der Waals surface area contributed by atoms with Gasteiger partial charge >= 0.3 is 0 Å². The fourth-order valence-electron chi connectivity index (χ4n) is 1.65. The first-order chi connectivity index (χ1) is 7.58. The second kappa shape index (κ2) is 5.85. The summed E-state index contributed by atoms with van der Waals surface area (Å²) in [5.41, 5.74) is 8.00. The molecular weight excluding hydrogens is 198 g/mol. The molecule has 3 heteroatoms. The normalized spacial score (nSPS) is 10.9. The SMILES string of the molecule is CCCN(C)c1cc(CN)cc(C(C)C)n1. The Bertz CT molecular complexity index is 334. The monoisotopic (exact) mass is 221 g/mol. The molecule has 1 heterocycles. The molecule has 0 radical (unpaired) electrons. The third-order valence-corrected chi connectivity index (χ3v) is 2.67. The molecule has 0 aromatic carbocycles. The van der Waals surface area contributed by atoms with E-state index in [2.05, 4.69) is 49.8 Å². The maximum atomic E-state index is 5.72. The Morgan fingerprint density at radius 1 is 1.38 bits per heavy atom. The molecule has 1 rings (SSSR count). The summed E-state index contributed by atoms with van der Waals surface area (Å²) in [4.78, 5) is 6.86. The van der Waals surface area contributed by atoms with Crippen molar-refractivity contribution in [3.05, 3.63) is 23.4 Å². The third-order valence-electron chi connectivity index (χ3n) is 2.67. The van der Waals surface area contributed by atoms with Crippen LogP contribution >= 0.6 is 0 Å². The molecule has 0 unspecified atom stereocenters. The molecule has 0 aliphatic carbocycles. The lowest BCUT2D eigenvalue weighted by Gasteiger charge is -2.19. The Labute approximate surface area is 98.7 Å². The van der Waals surface area contributed by atoms with Gasteiger partial charge in [0.25, 0.3) is 0 Å². The van der Waals surface area contributed by atoms with Gasteiger partial charge in [0.15, 0.2) is 0 Å². The number of nitrogens with two attached hydrogens (primary N) is 1. The zero-order valence-electron chi connectivity index (χ0n) is 10.8. The molecule has 0 bridgehead atoms. The van der Waals surface area contributed by atoms with E-state index in [1.807, 2.05) is 0 Å². The molecular formula is C13H23N3. The van der Waals surface area contributed by atoms with Gasteiger partial charge < -0.3 is 10.6 Å². The Balaban J connectivity index is 3.03. The molecule has 0 aliphatic rings. The fourth-order valence-corrected chi connectivity index (χ4v) is 1.65. The summed E-state index contributed by atoms with van der Waals surface area (Å²) in [7, 11) is 2.08. The second-order valence-corrected chi connectivity index (χ2v) is 4.54. The van der Waals surface area contributed by atoms with Crippen LogP contribution < -0.4 is 10.6 Å². The lowest BCUT2D eigenvalue weighted by molar-refractivity contribution is 0.789. The minimum Gasteiger partial charge on any atom is -0.360 e. The van der Waals surface area contributed by atoms with E-state index in [-0.39, 0.29) is 0 Å². The predicted molar refractivity (Wildman–Crippen MR) is 69.8 cm³/mol. The minimum absolute atomic E-state index is 0.445. The van der Waals surface area contributed by atoms with Crippen molar-refractivity contribution in [3.8, 4) is 0 Å². The van der Waals surface area contributed by atoms with E-state index in [0.717, 1.165) is 30.0 Å². The van der Waals surface area contributed by atoms with Gasteiger partial charge in [-0.2, -0.15) is 0 Å². The van der Waals surface area contributed by atoms with Crippen molar-refractivity contribution in [2.24, 2.45) is 5.73 Å². The predicted octanol–water partition coefficient (Wildman–Crippen LogP) is 2.51. The summed E-state index contributed by atoms with van der Waals surface area (Å²) in [6.07, 6.45) is 1.13. The van der Waals surface area contributed by atoms with Crippen LogP contribution in [0.3, 0.4) is 0 Å². The topological polar surface area (TPSA) is 42.1 Å². The van der Waals surface area contributed by atoms with Crippen LogP contribution in [-0.2, 0) is 6.54 Å². The van der Waals surface area contributed by atoms with Gasteiger partial charge in [-0.05, 0) is 30.0 Å². The molecule has 0 fully saturated rings. The van der Waals surface area contributed by atoms with Crippen molar-refractivity contribution >= 4 is 5.82 Å². The Hall–Kier alpha value is -1.09. The molecule has 0 saturated heterocycles. The van der Waals surface area contributed by atoms with E-state index in [9.17, 15) is 0 Å². The molecule has 0 atom stereocenters. The molecule has 3 nitrogen and oxygen atoms in total. The van der Waals surface area contributed by atoms with Gasteiger partial charge in [-0.3, -0.25) is 0 Å². The summed E-state index contributed by atoms with van der Waals surface area (Å²) in [6, 6.07) is 4.19. The lowest BCUT2D eigenvalue weighted by atomic mass is 10.1. The smallest absolute Gasteiger partial charge is 0.128 e. The van der Waals surface area contributed by atoms with E-state index >= 15 is 0 Å². The second-order valence-electron chi connectivity index (χ2n) is 4.54. The highest BCUT2D eigenvalue weighted by Gasteiger charge is 2.08. The molecule has 0 saturated carbocycles. The van der Waals surface area contributed by atoms with Gasteiger partial charge in [0.05, 0.1) is 0 Å². The first-order valence-electron chi connectivity index (χ1n) is 6.00. The number of nitrogens with zero attached hydrogens (tertiary/aromatic N) is 2. The van der Waals surface area contributed by atoms with Crippen LogP contribution in [0.2, 0.25) is 0 Å². The van der Waals surface area contributed by atoms with Crippen molar-refractivity contribution in [1.29, 1.82) is 0 Å². The highest BCUT2D eigenvalue weighted by molar-refractivity contribution is 5.42. The van der Waals surface area contributed by atoms with Crippen LogP contribution in [0.5, 0.6) is 0 Å². The van der Waals surface area contributed by atoms with E-state index in [1.54, 1.807) is 0 Å². The molecule has 2 N–H and O–H groups in total. The van der Waals surface area contributed by atoms with Gasteiger partial charge in [-0.15, -0.1) is 0 Å². The molecule has 1 aromatic heterocycles. The van der Waals surface area contributed by atoms with Crippen molar-refractivity contribution in [2.45, 2.75) is 39.7 Å². The van der Waals surface area contributed by atoms with Crippen LogP contribution in [0.4, 0.5) is 5.82 Å². The fraction of sp³-hybridized carbons (Fsp3) is 0.615. The Morgan fingerprint density at radius 2 is 2.06 bits per heavy atom. The Kier molecular flexibility index (Phi) is 4.74. The quantitative estimate of drug-likeness (QED) is 0.830. The van der Waals surface area contributed by atoms with Gasteiger partial charge in [0, 0.05) is 25.8 Å². The minimum atomic E-state index is 0.445. The van der Waals surface area contributed by atoms with Crippen molar-refractivity contribution in [2.75, 3.05) is 18.5 Å². The Morgan fingerprint density at radius 3 is 2.56 bits per heavy atom. The van der Waals surface area contributed by atoms with Gasteiger partial charge in [-0.25, -0.2) is 4.98 Å². The van der Waals surface area contributed by atoms with E-state index in [1.165, 1.54) is 0 Å². The summed E-state index contributed by atoms with van der Waals surface area (Å²) < 4.78 is 0. The number of hydrogen-bond donors (Lipinski definition) is 1. The van der Waals surface area contributed by atoms with Crippen molar-refractivity contribution in [3.63, 3.8) is 0 Å². The summed E-state index contributed by atoms with van der Waals surface area (Å²) >= 11 is 0. The number of rotatable bonds is 5. The highest BCUT2D eigenvalue weighted by atomic mass is 15.2. The number of anilines is 1. The summed E-state index contributed by atoms with van der Waals surface area (Å²) in [5, 5.41) is 0. The van der Waals surface area contributed by atoms with E-state index in [0.29, 0.717) is 12.5 Å². The standard InChI is InChI=1S/C13H23N3/c1-5-6-16(4)13-8-11(9-14)7-12(15-13)10(2)3/h7-8,10H,5-6,9,14H2,1-4H3. The first-order valence-corrected chi connectivity index (χ1v) is 6.00. The summed E-state index contributed by atoms with van der Waals surface area (Å²) in [5.74, 6) is 1.48. The number of hydrogen-bond acceptors (Lipinski definition) is 3. The maximum absolute atomic E-state index is 5.72. The van der Waals surface area contributed by atoms with Crippen LogP contribution in [0.1, 0.15) is 44.4 Å². The van der Waals surface area contributed by atoms with Gasteiger partial charge in [0.2, 0.25) is 0 Å². The highest BCUT2D eigenvalue weighted by Crippen LogP contribution is 2.19. The number of aromatic nitrogens is 1. The zero-order valence-corrected chi connectivity index (χ0v) is 10.8. The first kappa shape index (κ1) is 13.0. The molecule has 0 spiro atoms. The largest absolute Gasteiger partial charge is 0.360 e. The van der Waals surface area contributed by atoms with E-state index in [4.69, 9.17) is 5.73 Å². The number of pyridine rings is 1. The molecule has 1 aromatic rings. The zero-order chi connectivity index (χ0) is 12.1. The van der Waals surface area contributed by atoms with Crippen LogP contribution in [0.15, 0.2) is 12.1 Å². The average molecular weight is 221 g/mol. The average Bonchev–Trinajstić information content (AvgIpc) is 2.28. The molecule has 16 heavy (non-hydrogen) atoms. The van der Waals surface area contributed by atoms with Crippen LogP contribution in [0, 0.1) is 0 Å². The van der Waals surface area contributed by atoms with Crippen LogP contribution in [0.25, 0.3) is 0 Å². The third kappa shape index (κ3) is 3.20. The molecule has 0 amide bonds. The lowest BCUT2D eigenvalue weighted by Crippen LogP contribution is -2.20. The van der Waals surface area contributed by atoms with Gasteiger partial charge in [0.1, 0.15) is 5.82 Å². The summed E-state index contributed by atoms with van der Waals surface area (Å²) in [6.45, 7) is 8.10. The molecule has 0 aliphatic heterocycles.